The van der Waals surface area contributed by atoms with Gasteiger partial charge in [-0.05, 0) is 25.4 Å². The molecule has 100 valence electrons. The minimum absolute atomic E-state index is 0.156. The monoisotopic (exact) mass is 277 g/mol. The fourth-order valence-corrected chi connectivity index (χ4v) is 6.84. The molecule has 1 heterocycles. The van der Waals surface area contributed by atoms with Crippen LogP contribution in [0.25, 0.3) is 0 Å². The molecule has 0 saturated carbocycles. The molecule has 0 radical (unpaired) electrons. The van der Waals surface area contributed by atoms with Crippen LogP contribution in [0, 0.1) is 0 Å². The summed E-state index contributed by atoms with van der Waals surface area (Å²) < 4.78 is 23.5. The average molecular weight is 277 g/mol. The van der Waals surface area contributed by atoms with E-state index < -0.39 is 22.7 Å². The summed E-state index contributed by atoms with van der Waals surface area (Å²) >= 11 is 0. The topological polar surface area (TPSA) is 63.2 Å². The number of hydrogen-bond donors (Lipinski definition) is 1. The van der Waals surface area contributed by atoms with Crippen LogP contribution in [0.5, 0.6) is 0 Å². The van der Waals surface area contributed by atoms with E-state index in [1.54, 1.807) is 0 Å². The summed E-state index contributed by atoms with van der Waals surface area (Å²) in [5, 5.41) is 3.03. The van der Waals surface area contributed by atoms with Crippen molar-refractivity contribution < 1.29 is 13.2 Å². The van der Waals surface area contributed by atoms with Crippen molar-refractivity contribution in [3.05, 3.63) is 0 Å². The van der Waals surface area contributed by atoms with Crippen molar-refractivity contribution >= 4 is 24.2 Å². The lowest BCUT2D eigenvalue weighted by molar-refractivity contribution is -0.110. The summed E-state index contributed by atoms with van der Waals surface area (Å²) in [6, 6.07) is 0.727. The summed E-state index contributed by atoms with van der Waals surface area (Å²) in [4.78, 5) is 11.2. The zero-order chi connectivity index (χ0) is 13.2. The van der Waals surface area contributed by atoms with Crippen molar-refractivity contribution in [3.63, 3.8) is 0 Å². The number of piperidine rings is 1. The second-order valence-electron chi connectivity index (χ2n) is 6.09. The van der Waals surface area contributed by atoms with Crippen LogP contribution in [0.1, 0.15) is 12.8 Å². The summed E-state index contributed by atoms with van der Waals surface area (Å²) in [7, 11) is -4.72. The molecule has 1 rings (SSSR count). The van der Waals surface area contributed by atoms with E-state index in [4.69, 9.17) is 0 Å². The van der Waals surface area contributed by atoms with E-state index in [1.807, 2.05) is 0 Å². The minimum atomic E-state index is -3.32. The Bertz CT molecular complexity index is 367. The van der Waals surface area contributed by atoms with Crippen molar-refractivity contribution in [2.75, 3.05) is 18.8 Å². The van der Waals surface area contributed by atoms with Gasteiger partial charge in [0.2, 0.25) is 0 Å². The molecule has 0 amide bonds. The van der Waals surface area contributed by atoms with Crippen molar-refractivity contribution in [2.24, 2.45) is 0 Å². The molecule has 1 N–H and O–H groups in total. The van der Waals surface area contributed by atoms with Crippen LogP contribution >= 0.6 is 0 Å². The Balaban J connectivity index is 2.83. The van der Waals surface area contributed by atoms with Gasteiger partial charge in [0.05, 0.1) is 0 Å². The number of rotatable bonds is 5. The Morgan fingerprint density at radius 1 is 1.35 bits per heavy atom. The SMILES string of the molecule is C[Si](C)(C)CCS(=O)(=O)C1(C=O)CCCNC1. The lowest BCUT2D eigenvalue weighted by Gasteiger charge is -2.32. The highest BCUT2D eigenvalue weighted by molar-refractivity contribution is 7.93. The smallest absolute Gasteiger partial charge is 0.163 e. The highest BCUT2D eigenvalue weighted by Crippen LogP contribution is 2.26. The minimum Gasteiger partial charge on any atom is -0.315 e. The van der Waals surface area contributed by atoms with Crippen LogP contribution in [0.4, 0.5) is 0 Å². The third kappa shape index (κ3) is 3.63. The number of aldehydes is 1. The maximum atomic E-state index is 12.3. The quantitative estimate of drug-likeness (QED) is 0.603. The Morgan fingerprint density at radius 3 is 2.41 bits per heavy atom. The molecule has 1 aliphatic heterocycles. The highest BCUT2D eigenvalue weighted by atomic mass is 32.2. The van der Waals surface area contributed by atoms with E-state index in [2.05, 4.69) is 25.0 Å². The number of carbonyl (C=O) groups is 1. The molecule has 0 aromatic carbocycles. The first-order valence-electron chi connectivity index (χ1n) is 6.12. The molecule has 0 spiro atoms. The van der Waals surface area contributed by atoms with Crippen molar-refractivity contribution in [3.8, 4) is 0 Å². The van der Waals surface area contributed by atoms with Gasteiger partial charge in [-0.1, -0.05) is 19.6 Å². The summed E-state index contributed by atoms with van der Waals surface area (Å²) in [5.74, 6) is 0.156. The number of nitrogens with one attached hydrogen (secondary N) is 1. The van der Waals surface area contributed by atoms with Crippen LogP contribution in [0.2, 0.25) is 25.7 Å². The fraction of sp³-hybridized carbons (Fsp3) is 0.909. The van der Waals surface area contributed by atoms with E-state index in [0.717, 1.165) is 19.0 Å². The number of carbonyl (C=O) groups excluding carboxylic acids is 1. The Kier molecular flexibility index (Phi) is 4.54. The first kappa shape index (κ1) is 14.9. The standard InChI is InChI=1S/C11H23NO3SSi/c1-17(2,3)8-7-16(14,15)11(10-13)5-4-6-12-9-11/h10,12H,4-9H2,1-3H3. The van der Waals surface area contributed by atoms with Gasteiger partial charge in [0.25, 0.3) is 0 Å². The maximum Gasteiger partial charge on any atom is 0.163 e. The van der Waals surface area contributed by atoms with Gasteiger partial charge in [0, 0.05) is 20.4 Å². The predicted octanol–water partition coefficient (Wildman–Crippen LogP) is 1.06. The van der Waals surface area contributed by atoms with Crippen LogP contribution < -0.4 is 5.32 Å². The summed E-state index contributed by atoms with van der Waals surface area (Å²) in [6.45, 7) is 7.53. The van der Waals surface area contributed by atoms with Crippen LogP contribution in [-0.4, -0.2) is 46.4 Å². The van der Waals surface area contributed by atoms with Gasteiger partial charge >= 0.3 is 0 Å². The molecular weight excluding hydrogens is 254 g/mol. The molecule has 1 fully saturated rings. The average Bonchev–Trinajstić information content (AvgIpc) is 2.26. The molecule has 17 heavy (non-hydrogen) atoms. The first-order chi connectivity index (χ1) is 7.72. The van der Waals surface area contributed by atoms with E-state index in [9.17, 15) is 13.2 Å². The molecule has 4 nitrogen and oxygen atoms in total. The highest BCUT2D eigenvalue weighted by Gasteiger charge is 2.44. The number of hydrogen-bond acceptors (Lipinski definition) is 4. The Hall–Kier alpha value is -0.203. The van der Waals surface area contributed by atoms with Crippen LogP contribution in [0.3, 0.4) is 0 Å². The molecule has 1 atom stereocenters. The second kappa shape index (κ2) is 5.20. The molecule has 1 aliphatic rings. The van der Waals surface area contributed by atoms with E-state index in [0.29, 0.717) is 12.7 Å². The maximum absolute atomic E-state index is 12.3. The van der Waals surface area contributed by atoms with Gasteiger partial charge in [-0.15, -0.1) is 0 Å². The summed E-state index contributed by atoms with van der Waals surface area (Å²) in [6.07, 6.45) is 1.88. The molecular formula is C11H23NO3SSi. The molecule has 1 saturated heterocycles. The molecule has 1 unspecified atom stereocenters. The Morgan fingerprint density at radius 2 is 2.00 bits per heavy atom. The second-order valence-corrected chi connectivity index (χ2v) is 14.2. The van der Waals surface area contributed by atoms with Crippen LogP contribution in [-0.2, 0) is 14.6 Å². The van der Waals surface area contributed by atoms with Crippen LogP contribution in [0.15, 0.2) is 0 Å². The van der Waals surface area contributed by atoms with Gasteiger partial charge in [-0.25, -0.2) is 8.42 Å². The third-order valence-corrected chi connectivity index (χ3v) is 7.87. The largest absolute Gasteiger partial charge is 0.315 e. The van der Waals surface area contributed by atoms with Gasteiger partial charge in [-0.2, -0.15) is 0 Å². The van der Waals surface area contributed by atoms with Gasteiger partial charge in [-0.3, -0.25) is 0 Å². The van der Waals surface area contributed by atoms with E-state index in [-0.39, 0.29) is 12.3 Å². The molecule has 0 aromatic heterocycles. The summed E-state index contributed by atoms with van der Waals surface area (Å²) in [5.41, 5.74) is 0. The molecule has 0 aromatic rings. The fourth-order valence-electron chi connectivity index (χ4n) is 1.98. The lowest BCUT2D eigenvalue weighted by atomic mass is 10.0. The zero-order valence-electron chi connectivity index (χ0n) is 11.0. The van der Waals surface area contributed by atoms with E-state index >= 15 is 0 Å². The van der Waals surface area contributed by atoms with Crippen molar-refractivity contribution in [2.45, 2.75) is 43.3 Å². The Labute approximate surface area is 105 Å². The molecule has 6 heteroatoms. The number of sulfone groups is 1. The molecule has 0 aliphatic carbocycles. The van der Waals surface area contributed by atoms with Gasteiger partial charge in [0.15, 0.2) is 9.84 Å². The van der Waals surface area contributed by atoms with Gasteiger partial charge in [0.1, 0.15) is 11.0 Å². The lowest BCUT2D eigenvalue weighted by Crippen LogP contribution is -2.53. The normalized spacial score (nSPS) is 26.8. The first-order valence-corrected chi connectivity index (χ1v) is 11.5. The van der Waals surface area contributed by atoms with Crippen molar-refractivity contribution in [1.82, 2.24) is 5.32 Å². The third-order valence-electron chi connectivity index (χ3n) is 3.33. The molecule has 0 bridgehead atoms. The predicted molar refractivity (Wildman–Crippen MR) is 72.8 cm³/mol. The van der Waals surface area contributed by atoms with Crippen molar-refractivity contribution in [1.29, 1.82) is 0 Å². The van der Waals surface area contributed by atoms with Gasteiger partial charge < -0.3 is 10.1 Å². The zero-order valence-corrected chi connectivity index (χ0v) is 12.8. The van der Waals surface area contributed by atoms with E-state index in [1.165, 1.54) is 0 Å².